The van der Waals surface area contributed by atoms with Crippen molar-refractivity contribution < 1.29 is 23.0 Å². The van der Waals surface area contributed by atoms with Gasteiger partial charge in [-0.3, -0.25) is 4.74 Å². The van der Waals surface area contributed by atoms with Crippen molar-refractivity contribution in [2.75, 3.05) is 6.61 Å². The number of hydrogen-bond acceptors (Lipinski definition) is 2. The number of aliphatic hydroxyl groups excluding tert-OH is 1. The second-order valence-corrected chi connectivity index (χ2v) is 6.29. The summed E-state index contributed by atoms with van der Waals surface area (Å²) in [5.41, 5.74) is 0.142. The Balaban J connectivity index is 2.43. The maximum absolute atomic E-state index is 11.9. The molecule has 1 aliphatic carbocycles. The predicted molar refractivity (Wildman–Crippen MR) is 62.9 cm³/mol. The van der Waals surface area contributed by atoms with Crippen LogP contribution in [0.2, 0.25) is 0 Å². The van der Waals surface area contributed by atoms with Gasteiger partial charge in [0.05, 0.1) is 12.7 Å². The maximum atomic E-state index is 11.9. The maximum Gasteiger partial charge on any atom is 0.522 e. The van der Waals surface area contributed by atoms with Gasteiger partial charge in [-0.25, -0.2) is 0 Å². The van der Waals surface area contributed by atoms with Crippen LogP contribution in [0.3, 0.4) is 0 Å². The van der Waals surface area contributed by atoms with Crippen molar-refractivity contribution in [3.63, 3.8) is 0 Å². The summed E-state index contributed by atoms with van der Waals surface area (Å²) in [6, 6.07) is 0. The Hall–Kier alpha value is -0.290. The summed E-state index contributed by atoms with van der Waals surface area (Å²) in [5, 5.41) is 9.85. The molecule has 108 valence electrons. The Morgan fingerprint density at radius 2 is 1.78 bits per heavy atom. The van der Waals surface area contributed by atoms with Crippen molar-refractivity contribution >= 4 is 0 Å². The second-order valence-electron chi connectivity index (χ2n) is 6.29. The number of halogens is 3. The van der Waals surface area contributed by atoms with Gasteiger partial charge in [-0.05, 0) is 42.9 Å². The van der Waals surface area contributed by atoms with Gasteiger partial charge in [-0.2, -0.15) is 0 Å². The van der Waals surface area contributed by atoms with Crippen molar-refractivity contribution in [1.29, 1.82) is 0 Å². The first kappa shape index (κ1) is 15.8. The lowest BCUT2D eigenvalue weighted by Crippen LogP contribution is -2.35. The van der Waals surface area contributed by atoms with Crippen LogP contribution < -0.4 is 0 Å². The second kappa shape index (κ2) is 5.78. The summed E-state index contributed by atoms with van der Waals surface area (Å²) in [4.78, 5) is 0. The minimum atomic E-state index is -4.57. The molecule has 2 nitrogen and oxygen atoms in total. The Bertz CT molecular complexity index is 258. The summed E-state index contributed by atoms with van der Waals surface area (Å²) in [6.07, 6.45) is -2.37. The zero-order valence-corrected chi connectivity index (χ0v) is 11.3. The van der Waals surface area contributed by atoms with Crippen molar-refractivity contribution in [3.8, 4) is 0 Å². The quantitative estimate of drug-likeness (QED) is 0.845. The predicted octanol–water partition coefficient (Wildman–Crippen LogP) is 3.74. The zero-order valence-electron chi connectivity index (χ0n) is 11.3. The topological polar surface area (TPSA) is 29.5 Å². The van der Waals surface area contributed by atoms with Crippen LogP contribution in [0.4, 0.5) is 13.2 Å². The van der Waals surface area contributed by atoms with Gasteiger partial charge < -0.3 is 5.11 Å². The molecule has 0 spiro atoms. The molecule has 0 heterocycles. The average Bonchev–Trinajstić information content (AvgIpc) is 2.17. The van der Waals surface area contributed by atoms with Crippen molar-refractivity contribution in [3.05, 3.63) is 0 Å². The third kappa shape index (κ3) is 5.14. The highest BCUT2D eigenvalue weighted by molar-refractivity contribution is 4.85. The van der Waals surface area contributed by atoms with E-state index >= 15 is 0 Å². The Labute approximate surface area is 107 Å². The molecule has 0 amide bonds. The van der Waals surface area contributed by atoms with E-state index in [2.05, 4.69) is 25.5 Å². The third-order valence-corrected chi connectivity index (χ3v) is 3.92. The van der Waals surface area contributed by atoms with Crippen LogP contribution >= 0.6 is 0 Å². The molecule has 0 bridgehead atoms. The number of hydrogen-bond donors (Lipinski definition) is 1. The minimum absolute atomic E-state index is 0.0784. The molecule has 18 heavy (non-hydrogen) atoms. The van der Waals surface area contributed by atoms with E-state index < -0.39 is 12.5 Å². The fourth-order valence-corrected chi connectivity index (χ4v) is 2.67. The van der Waals surface area contributed by atoms with Crippen molar-refractivity contribution in [2.24, 2.45) is 17.3 Å². The van der Waals surface area contributed by atoms with E-state index in [4.69, 9.17) is 0 Å². The van der Waals surface area contributed by atoms with Gasteiger partial charge in [0.1, 0.15) is 0 Å². The summed E-state index contributed by atoms with van der Waals surface area (Å²) < 4.78 is 39.5. The van der Waals surface area contributed by atoms with E-state index in [0.717, 1.165) is 12.8 Å². The molecular formula is C13H23F3O2. The van der Waals surface area contributed by atoms with Gasteiger partial charge in [-0.15, -0.1) is 13.2 Å². The van der Waals surface area contributed by atoms with Crippen LogP contribution in [-0.2, 0) is 4.74 Å². The smallest absolute Gasteiger partial charge is 0.393 e. The first-order valence-corrected chi connectivity index (χ1v) is 6.48. The van der Waals surface area contributed by atoms with Gasteiger partial charge >= 0.3 is 6.36 Å². The number of aliphatic hydroxyl groups is 1. The van der Waals surface area contributed by atoms with Crippen molar-refractivity contribution in [2.45, 2.75) is 58.9 Å². The molecular weight excluding hydrogens is 245 g/mol. The number of ether oxygens (including phenoxy) is 1. The lowest BCUT2D eigenvalue weighted by molar-refractivity contribution is -0.325. The van der Waals surface area contributed by atoms with E-state index in [1.807, 2.05) is 0 Å². The van der Waals surface area contributed by atoms with Gasteiger partial charge in [0.25, 0.3) is 0 Å². The Morgan fingerprint density at radius 3 is 2.28 bits per heavy atom. The number of alkyl halides is 3. The van der Waals surface area contributed by atoms with Crippen LogP contribution in [0.5, 0.6) is 0 Å². The first-order valence-electron chi connectivity index (χ1n) is 6.48. The van der Waals surface area contributed by atoms with Crippen LogP contribution in [-0.4, -0.2) is 24.2 Å². The molecule has 3 unspecified atom stereocenters. The highest BCUT2D eigenvalue weighted by atomic mass is 19.4. The molecule has 1 rings (SSSR count). The molecule has 0 saturated heterocycles. The molecule has 5 heteroatoms. The Morgan fingerprint density at radius 1 is 1.17 bits per heavy atom. The molecule has 1 N–H and O–H groups in total. The van der Waals surface area contributed by atoms with Crippen molar-refractivity contribution in [1.82, 2.24) is 0 Å². The molecule has 0 aromatic rings. The molecule has 0 aromatic heterocycles. The molecule has 1 aliphatic rings. The van der Waals surface area contributed by atoms with E-state index in [9.17, 15) is 18.3 Å². The third-order valence-electron chi connectivity index (χ3n) is 3.92. The fourth-order valence-electron chi connectivity index (χ4n) is 2.67. The van der Waals surface area contributed by atoms with Gasteiger partial charge in [0.2, 0.25) is 0 Å². The highest BCUT2D eigenvalue weighted by Gasteiger charge is 2.36. The normalized spacial score (nSPS) is 30.5. The minimum Gasteiger partial charge on any atom is -0.393 e. The monoisotopic (exact) mass is 268 g/mol. The fraction of sp³-hybridized carbons (Fsp3) is 1.00. The van der Waals surface area contributed by atoms with E-state index in [0.29, 0.717) is 12.3 Å². The molecule has 1 saturated carbocycles. The molecule has 0 aliphatic heterocycles. The van der Waals surface area contributed by atoms with E-state index in [1.54, 1.807) is 0 Å². The highest BCUT2D eigenvalue weighted by Crippen LogP contribution is 2.41. The SMILES string of the molecule is CC(C)(C)C1CCC(O)C(CCOC(F)(F)F)C1. The summed E-state index contributed by atoms with van der Waals surface area (Å²) >= 11 is 0. The Kier molecular flexibility index (Phi) is 5.06. The standard InChI is InChI=1S/C13H23F3O2/c1-12(2,3)10-4-5-11(17)9(8-10)6-7-18-13(14,15)16/h9-11,17H,4-8H2,1-3H3. The zero-order chi connectivity index (χ0) is 14.0. The molecule has 1 fully saturated rings. The lowest BCUT2D eigenvalue weighted by Gasteiger charge is -2.40. The van der Waals surface area contributed by atoms with Gasteiger partial charge in [0, 0.05) is 0 Å². The molecule has 0 aromatic carbocycles. The van der Waals surface area contributed by atoms with Crippen LogP contribution in [0.1, 0.15) is 46.5 Å². The molecule has 0 radical (unpaired) electrons. The van der Waals surface area contributed by atoms with Gasteiger partial charge in [-0.1, -0.05) is 20.8 Å². The number of rotatable bonds is 3. The summed E-state index contributed by atoms with van der Waals surface area (Å²) in [7, 11) is 0. The summed E-state index contributed by atoms with van der Waals surface area (Å²) in [5.74, 6) is 0.377. The van der Waals surface area contributed by atoms with Gasteiger partial charge in [0.15, 0.2) is 0 Å². The average molecular weight is 268 g/mol. The molecule has 3 atom stereocenters. The van der Waals surface area contributed by atoms with Crippen LogP contribution in [0.15, 0.2) is 0 Å². The largest absolute Gasteiger partial charge is 0.522 e. The van der Waals surface area contributed by atoms with E-state index in [1.165, 1.54) is 0 Å². The first-order chi connectivity index (χ1) is 8.09. The van der Waals surface area contributed by atoms with E-state index in [-0.39, 0.29) is 24.4 Å². The van der Waals surface area contributed by atoms with Crippen LogP contribution in [0, 0.1) is 17.3 Å². The lowest BCUT2D eigenvalue weighted by atomic mass is 9.67. The van der Waals surface area contributed by atoms with Crippen LogP contribution in [0.25, 0.3) is 0 Å². The summed E-state index contributed by atoms with van der Waals surface area (Å²) in [6.45, 7) is 6.05.